The van der Waals surface area contributed by atoms with Crippen LogP contribution in [0.5, 0.6) is 0 Å². The number of aliphatic hydroxyl groups is 5. The summed E-state index contributed by atoms with van der Waals surface area (Å²) in [6.45, 7) is 3.70. The number of carbonyl (C=O) groups excluding carboxylic acids is 1. The van der Waals surface area contributed by atoms with E-state index in [0.29, 0.717) is 6.42 Å². The molecule has 6 N–H and O–H groups in total. The first-order valence-electron chi connectivity index (χ1n) is 27.7. The van der Waals surface area contributed by atoms with Crippen LogP contribution in [-0.2, 0) is 14.3 Å². The molecule has 1 fully saturated rings. The van der Waals surface area contributed by atoms with Gasteiger partial charge in [0.25, 0.3) is 0 Å². The maximum absolute atomic E-state index is 13.0. The summed E-state index contributed by atoms with van der Waals surface area (Å²) in [6.07, 6.45) is 52.0. The second kappa shape index (κ2) is 46.2. The summed E-state index contributed by atoms with van der Waals surface area (Å²) in [5.41, 5.74) is 0. The number of hydrogen-bond acceptors (Lipinski definition) is 8. The molecule has 0 aromatic carbocycles. The third-order valence-corrected chi connectivity index (χ3v) is 13.2. The van der Waals surface area contributed by atoms with Crippen LogP contribution in [0.25, 0.3) is 0 Å². The third-order valence-electron chi connectivity index (χ3n) is 13.2. The monoisotopic (exact) mass is 920 g/mol. The number of nitrogens with one attached hydrogen (secondary N) is 1. The summed E-state index contributed by atoms with van der Waals surface area (Å²) < 4.78 is 11.3. The first-order chi connectivity index (χ1) is 31.8. The molecule has 9 heteroatoms. The highest BCUT2D eigenvalue weighted by Crippen LogP contribution is 2.23. The van der Waals surface area contributed by atoms with Crippen molar-refractivity contribution in [1.29, 1.82) is 0 Å². The molecule has 1 aliphatic heterocycles. The fourth-order valence-electron chi connectivity index (χ4n) is 8.84. The maximum atomic E-state index is 13.0. The highest BCUT2D eigenvalue weighted by atomic mass is 16.7. The minimum absolute atomic E-state index is 0.175. The molecule has 382 valence electrons. The molecule has 1 aliphatic rings. The number of rotatable bonds is 47. The minimum atomic E-state index is -1.57. The summed E-state index contributed by atoms with van der Waals surface area (Å²) in [5, 5.41) is 54.5. The van der Waals surface area contributed by atoms with Gasteiger partial charge in [-0.15, -0.1) is 0 Å². The Hall–Kier alpha value is -1.59. The van der Waals surface area contributed by atoms with E-state index in [1.807, 2.05) is 6.08 Å². The molecule has 0 saturated carbocycles. The molecule has 1 heterocycles. The van der Waals surface area contributed by atoms with Crippen LogP contribution >= 0.6 is 0 Å². The van der Waals surface area contributed by atoms with Crippen molar-refractivity contribution in [3.63, 3.8) is 0 Å². The molecule has 0 aromatic rings. The zero-order valence-electron chi connectivity index (χ0n) is 42.3. The van der Waals surface area contributed by atoms with Gasteiger partial charge in [0, 0.05) is 6.42 Å². The Morgan fingerprint density at radius 3 is 1.40 bits per heavy atom. The van der Waals surface area contributed by atoms with E-state index >= 15 is 0 Å². The number of carbonyl (C=O) groups is 1. The lowest BCUT2D eigenvalue weighted by Crippen LogP contribution is -2.60. The SMILES string of the molecule is CC/C=C\C/C=C\CCCCCCCCCCCCCCCCC(=O)NC(COC1OC(CO)C(O)C(O)C1O)C(O)/C=C/CCCCCCCCCCCCCCCCCCCCC. The number of amides is 1. The van der Waals surface area contributed by atoms with E-state index in [4.69, 9.17) is 9.47 Å². The molecule has 1 amide bonds. The van der Waals surface area contributed by atoms with E-state index < -0.39 is 49.5 Å². The van der Waals surface area contributed by atoms with E-state index in [2.05, 4.69) is 43.5 Å². The van der Waals surface area contributed by atoms with Crippen LogP contribution in [0.3, 0.4) is 0 Å². The lowest BCUT2D eigenvalue weighted by Gasteiger charge is -2.40. The number of ether oxygens (including phenoxy) is 2. The number of hydrogen-bond donors (Lipinski definition) is 6. The molecular weight excluding hydrogens is 815 g/mol. The van der Waals surface area contributed by atoms with Crippen molar-refractivity contribution in [1.82, 2.24) is 5.32 Å². The summed E-state index contributed by atoms with van der Waals surface area (Å²) in [7, 11) is 0. The molecule has 9 nitrogen and oxygen atoms in total. The van der Waals surface area contributed by atoms with Crippen LogP contribution in [0.1, 0.15) is 258 Å². The van der Waals surface area contributed by atoms with Crippen molar-refractivity contribution in [3.05, 3.63) is 36.5 Å². The predicted molar refractivity (Wildman–Crippen MR) is 272 cm³/mol. The zero-order chi connectivity index (χ0) is 47.3. The van der Waals surface area contributed by atoms with Gasteiger partial charge in [-0.25, -0.2) is 0 Å². The zero-order valence-corrected chi connectivity index (χ0v) is 42.3. The van der Waals surface area contributed by atoms with Gasteiger partial charge in [0.05, 0.1) is 25.4 Å². The van der Waals surface area contributed by atoms with E-state index in [1.165, 1.54) is 186 Å². The molecule has 7 atom stereocenters. The Balaban J connectivity index is 2.25. The van der Waals surface area contributed by atoms with Gasteiger partial charge in [-0.05, 0) is 44.9 Å². The average Bonchev–Trinajstić information content (AvgIpc) is 3.31. The highest BCUT2D eigenvalue weighted by Gasteiger charge is 2.44. The summed E-state index contributed by atoms with van der Waals surface area (Å²) in [4.78, 5) is 13.0. The average molecular weight is 920 g/mol. The number of aliphatic hydroxyl groups excluding tert-OH is 5. The van der Waals surface area contributed by atoms with Crippen molar-refractivity contribution in [2.45, 2.75) is 301 Å². The van der Waals surface area contributed by atoms with Gasteiger partial charge in [0.1, 0.15) is 24.4 Å². The van der Waals surface area contributed by atoms with E-state index in [-0.39, 0.29) is 12.5 Å². The summed E-state index contributed by atoms with van der Waals surface area (Å²) in [6, 6.07) is -0.804. The van der Waals surface area contributed by atoms with Crippen LogP contribution < -0.4 is 5.32 Å². The Labute approximate surface area is 400 Å². The minimum Gasteiger partial charge on any atom is -0.394 e. The van der Waals surface area contributed by atoms with Gasteiger partial charge >= 0.3 is 0 Å². The van der Waals surface area contributed by atoms with Gasteiger partial charge in [-0.2, -0.15) is 0 Å². The van der Waals surface area contributed by atoms with Crippen molar-refractivity contribution in [2.75, 3.05) is 13.2 Å². The molecule has 65 heavy (non-hydrogen) atoms. The topological polar surface area (TPSA) is 149 Å². The molecule has 1 rings (SSSR count). The van der Waals surface area contributed by atoms with E-state index in [9.17, 15) is 30.3 Å². The molecule has 1 saturated heterocycles. The lowest BCUT2D eigenvalue weighted by molar-refractivity contribution is -0.302. The molecule has 0 aromatic heterocycles. The first kappa shape index (κ1) is 61.4. The van der Waals surface area contributed by atoms with Crippen molar-refractivity contribution < 1.29 is 39.8 Å². The van der Waals surface area contributed by atoms with Crippen LogP contribution in [0.15, 0.2) is 36.5 Å². The standard InChI is InChI=1S/C56H105NO8/c1-3-5-7-9-11-13-15-17-19-21-23-25-27-29-31-33-35-37-39-41-43-45-50(59)49(48-64-56-55(63)54(62)53(61)51(47-58)65-56)57-52(60)46-44-42-40-38-36-34-32-30-28-26-24-22-20-18-16-14-12-10-8-6-4-2/h6,8,12,14,43,45,49-51,53-56,58-59,61-63H,3-5,7,9-11,13,15-42,44,46-48H2,1-2H3,(H,57,60)/b8-6-,14-12-,45-43+. The van der Waals surface area contributed by atoms with Crippen molar-refractivity contribution in [3.8, 4) is 0 Å². The molecular formula is C56H105NO8. The predicted octanol–water partition coefficient (Wildman–Crippen LogP) is 13.2. The van der Waals surface area contributed by atoms with Gasteiger partial charge in [-0.3, -0.25) is 4.79 Å². The van der Waals surface area contributed by atoms with Gasteiger partial charge in [0.15, 0.2) is 6.29 Å². The second-order valence-corrected chi connectivity index (χ2v) is 19.4. The van der Waals surface area contributed by atoms with Gasteiger partial charge < -0.3 is 40.3 Å². The van der Waals surface area contributed by atoms with Crippen molar-refractivity contribution in [2.24, 2.45) is 0 Å². The van der Waals surface area contributed by atoms with E-state index in [1.54, 1.807) is 6.08 Å². The smallest absolute Gasteiger partial charge is 0.220 e. The number of unbranched alkanes of at least 4 members (excludes halogenated alkanes) is 33. The Morgan fingerprint density at radius 2 is 0.954 bits per heavy atom. The van der Waals surface area contributed by atoms with Crippen molar-refractivity contribution >= 4 is 5.91 Å². The molecule has 0 aliphatic carbocycles. The van der Waals surface area contributed by atoms with Crippen LogP contribution in [-0.4, -0.2) is 87.5 Å². The van der Waals surface area contributed by atoms with Gasteiger partial charge in [0.2, 0.25) is 5.91 Å². The summed E-state index contributed by atoms with van der Waals surface area (Å²) in [5.74, 6) is -0.175. The molecule has 7 unspecified atom stereocenters. The third kappa shape index (κ3) is 36.1. The largest absolute Gasteiger partial charge is 0.394 e. The highest BCUT2D eigenvalue weighted by molar-refractivity contribution is 5.76. The molecule has 0 spiro atoms. The first-order valence-corrected chi connectivity index (χ1v) is 27.7. The fourth-order valence-corrected chi connectivity index (χ4v) is 8.84. The quantitative estimate of drug-likeness (QED) is 0.0261. The fraction of sp³-hybridized carbons (Fsp3) is 0.875. The molecule has 0 radical (unpaired) electrons. The van der Waals surface area contributed by atoms with E-state index in [0.717, 1.165) is 51.4 Å². The van der Waals surface area contributed by atoms with Gasteiger partial charge in [-0.1, -0.05) is 243 Å². The molecule has 0 bridgehead atoms. The lowest BCUT2D eigenvalue weighted by atomic mass is 9.99. The van der Waals surface area contributed by atoms with Crippen LogP contribution in [0, 0.1) is 0 Å². The number of allylic oxidation sites excluding steroid dienone is 5. The Morgan fingerprint density at radius 1 is 0.538 bits per heavy atom. The Bertz CT molecular complexity index is 1110. The summed E-state index contributed by atoms with van der Waals surface area (Å²) >= 11 is 0. The van der Waals surface area contributed by atoms with Crippen LogP contribution in [0.2, 0.25) is 0 Å². The Kier molecular flexibility index (Phi) is 43.6. The maximum Gasteiger partial charge on any atom is 0.220 e. The van der Waals surface area contributed by atoms with Crippen LogP contribution in [0.4, 0.5) is 0 Å². The normalized spacial score (nSPS) is 20.1. The second-order valence-electron chi connectivity index (χ2n) is 19.4.